The summed E-state index contributed by atoms with van der Waals surface area (Å²) >= 11 is 1.31. The number of piperidine rings is 1. The molecule has 0 saturated carbocycles. The van der Waals surface area contributed by atoms with Crippen LogP contribution in [-0.2, 0) is 30.3 Å². The van der Waals surface area contributed by atoms with E-state index in [1.807, 2.05) is 32.6 Å². The third-order valence-electron chi connectivity index (χ3n) is 11.3. The molecule has 2 aliphatic rings. The van der Waals surface area contributed by atoms with E-state index in [4.69, 9.17) is 9.72 Å². The van der Waals surface area contributed by atoms with Crippen molar-refractivity contribution in [2.45, 2.75) is 136 Å². The summed E-state index contributed by atoms with van der Waals surface area (Å²) in [5, 5.41) is 31.2. The standard InChI is InChI=1S/C42H64N6O8S/c1-8-16-48(41(53)37(26(6)10-3)46-39(52)33-13-11-12-17-47(33)36(50)23-43-7)34(25(4)5)22-35(56-18-9-2)40-45-32(24-57-40)38(51)44-28-19-27-14-15-29(49)21-30(27)31(20-28)42(54)55/h14-15,21,24-26,28,31,33-35,37,43,49H,8-13,16-20,22-23H2,1-7H3,(H,44,51)(H,46,52)(H,54,55). The third kappa shape index (κ3) is 11.8. The Bertz CT molecular complexity index is 1680. The highest BCUT2D eigenvalue weighted by molar-refractivity contribution is 7.09. The molecule has 1 aliphatic carbocycles. The van der Waals surface area contributed by atoms with Crippen LogP contribution in [0.25, 0.3) is 0 Å². The summed E-state index contributed by atoms with van der Waals surface area (Å²) in [5.74, 6) is -3.06. The zero-order chi connectivity index (χ0) is 41.8. The van der Waals surface area contributed by atoms with Gasteiger partial charge in [0.2, 0.25) is 17.7 Å². The Morgan fingerprint density at radius 2 is 1.84 bits per heavy atom. The van der Waals surface area contributed by atoms with Gasteiger partial charge in [-0.05, 0) is 87.1 Å². The molecule has 1 fully saturated rings. The summed E-state index contributed by atoms with van der Waals surface area (Å²) in [6.45, 7) is 13.7. The number of rotatable bonds is 20. The molecule has 15 heteroatoms. The van der Waals surface area contributed by atoms with Gasteiger partial charge in [0, 0.05) is 43.6 Å². The van der Waals surface area contributed by atoms with E-state index in [0.717, 1.165) is 24.8 Å². The lowest BCUT2D eigenvalue weighted by atomic mass is 9.80. The predicted molar refractivity (Wildman–Crippen MR) is 219 cm³/mol. The van der Waals surface area contributed by atoms with E-state index in [0.29, 0.717) is 62.4 Å². The number of fused-ring (bicyclic) bond motifs is 1. The van der Waals surface area contributed by atoms with Gasteiger partial charge in [-0.15, -0.1) is 11.3 Å². The topological polar surface area (TPSA) is 190 Å². The molecule has 1 saturated heterocycles. The maximum atomic E-state index is 14.8. The number of hydrogen-bond acceptors (Lipinski definition) is 10. The summed E-state index contributed by atoms with van der Waals surface area (Å²) in [6, 6.07) is 2.54. The Hall–Kier alpha value is -4.08. The van der Waals surface area contributed by atoms with Gasteiger partial charge in [-0.2, -0.15) is 0 Å². The van der Waals surface area contributed by atoms with Gasteiger partial charge in [0.15, 0.2) is 0 Å². The van der Waals surface area contributed by atoms with Crippen molar-refractivity contribution in [3.8, 4) is 5.75 Å². The van der Waals surface area contributed by atoms with E-state index >= 15 is 0 Å². The third-order valence-corrected chi connectivity index (χ3v) is 12.2. The second-order valence-corrected chi connectivity index (χ2v) is 16.8. The number of likely N-dealkylation sites (N-methyl/N-ethyl adjacent to an activating group) is 1. The summed E-state index contributed by atoms with van der Waals surface area (Å²) in [4.78, 5) is 75.6. The van der Waals surface area contributed by atoms with Gasteiger partial charge in [0.1, 0.15) is 34.6 Å². The smallest absolute Gasteiger partial charge is 0.311 e. The number of amides is 4. The number of carbonyl (C=O) groups is 5. The van der Waals surface area contributed by atoms with Gasteiger partial charge < -0.3 is 40.7 Å². The van der Waals surface area contributed by atoms with Crippen molar-refractivity contribution in [2.75, 3.05) is 33.3 Å². The van der Waals surface area contributed by atoms with Crippen LogP contribution >= 0.6 is 11.3 Å². The number of aliphatic carboxylic acids is 1. The van der Waals surface area contributed by atoms with Crippen LogP contribution in [0.1, 0.15) is 132 Å². The average Bonchev–Trinajstić information content (AvgIpc) is 3.69. The van der Waals surface area contributed by atoms with Crippen molar-refractivity contribution in [1.82, 2.24) is 30.7 Å². The molecular weight excluding hydrogens is 749 g/mol. The van der Waals surface area contributed by atoms with E-state index in [-0.39, 0.29) is 60.0 Å². The molecule has 4 amide bonds. The number of likely N-dealkylation sites (tertiary alicyclic amines) is 1. The molecule has 7 atom stereocenters. The summed E-state index contributed by atoms with van der Waals surface area (Å²) in [6.07, 6.45) is 4.81. The molecule has 0 bridgehead atoms. The Balaban J connectivity index is 1.55. The molecule has 0 spiro atoms. The minimum atomic E-state index is -1.02. The van der Waals surface area contributed by atoms with Crippen molar-refractivity contribution in [3.05, 3.63) is 45.4 Å². The van der Waals surface area contributed by atoms with Crippen LogP contribution in [0.15, 0.2) is 23.6 Å². The van der Waals surface area contributed by atoms with Crippen LogP contribution in [0.5, 0.6) is 5.75 Å². The highest BCUT2D eigenvalue weighted by Crippen LogP contribution is 2.35. The maximum Gasteiger partial charge on any atom is 0.311 e. The fourth-order valence-electron chi connectivity index (χ4n) is 8.02. The molecule has 2 heterocycles. The van der Waals surface area contributed by atoms with Crippen molar-refractivity contribution in [2.24, 2.45) is 11.8 Å². The number of thiazole rings is 1. The van der Waals surface area contributed by atoms with Crippen LogP contribution < -0.4 is 16.0 Å². The van der Waals surface area contributed by atoms with Crippen molar-refractivity contribution in [3.63, 3.8) is 0 Å². The number of phenols is 1. The number of aromatic nitrogens is 1. The Morgan fingerprint density at radius 3 is 2.49 bits per heavy atom. The molecule has 1 aromatic heterocycles. The van der Waals surface area contributed by atoms with E-state index in [1.165, 1.54) is 23.5 Å². The molecule has 4 rings (SSSR count). The summed E-state index contributed by atoms with van der Waals surface area (Å²) < 4.78 is 6.41. The molecule has 2 aromatic rings. The van der Waals surface area contributed by atoms with Gasteiger partial charge in [0.05, 0.1) is 12.5 Å². The number of nitrogens with one attached hydrogen (secondary N) is 3. The minimum absolute atomic E-state index is 0.00192. The highest BCUT2D eigenvalue weighted by Gasteiger charge is 2.40. The quantitative estimate of drug-likeness (QED) is 0.122. The van der Waals surface area contributed by atoms with E-state index in [9.17, 15) is 34.2 Å². The fourth-order valence-corrected chi connectivity index (χ4v) is 8.88. The van der Waals surface area contributed by atoms with E-state index in [2.05, 4.69) is 29.8 Å². The first-order valence-corrected chi connectivity index (χ1v) is 21.6. The number of nitrogens with zero attached hydrogens (tertiary/aromatic N) is 3. The van der Waals surface area contributed by atoms with Crippen molar-refractivity contribution < 1.29 is 38.9 Å². The number of ether oxygens (including phenoxy) is 1. The van der Waals surface area contributed by atoms with Crippen LogP contribution in [0, 0.1) is 11.8 Å². The molecule has 316 valence electrons. The number of phenolic OH excluding ortho intramolecular Hbond substituents is 1. The molecule has 7 unspecified atom stereocenters. The zero-order valence-electron chi connectivity index (χ0n) is 34.7. The second-order valence-electron chi connectivity index (χ2n) is 15.9. The summed E-state index contributed by atoms with van der Waals surface area (Å²) in [5.41, 5.74) is 1.52. The average molecular weight is 813 g/mol. The zero-order valence-corrected chi connectivity index (χ0v) is 35.5. The van der Waals surface area contributed by atoms with E-state index in [1.54, 1.807) is 23.4 Å². The predicted octanol–water partition coefficient (Wildman–Crippen LogP) is 5.01. The van der Waals surface area contributed by atoms with Crippen LogP contribution in [0.2, 0.25) is 0 Å². The first-order chi connectivity index (χ1) is 27.2. The second kappa shape index (κ2) is 21.6. The number of carbonyl (C=O) groups excluding carboxylic acids is 4. The number of carboxylic acid groups (broad SMARTS) is 1. The maximum absolute atomic E-state index is 14.8. The van der Waals surface area contributed by atoms with E-state index < -0.39 is 42.0 Å². The lowest BCUT2D eigenvalue weighted by Gasteiger charge is -2.40. The van der Waals surface area contributed by atoms with Crippen LogP contribution in [0.4, 0.5) is 0 Å². The van der Waals surface area contributed by atoms with Crippen LogP contribution in [0.3, 0.4) is 0 Å². The summed E-state index contributed by atoms with van der Waals surface area (Å²) in [7, 11) is 1.70. The fraction of sp³-hybridized carbons (Fsp3) is 0.667. The molecule has 5 N–H and O–H groups in total. The molecule has 1 aliphatic heterocycles. The Morgan fingerprint density at radius 1 is 1.09 bits per heavy atom. The molecule has 0 radical (unpaired) electrons. The largest absolute Gasteiger partial charge is 0.508 e. The Kier molecular flexibility index (Phi) is 17.3. The number of benzene rings is 1. The first-order valence-electron chi connectivity index (χ1n) is 20.7. The number of aromatic hydroxyl groups is 1. The van der Waals surface area contributed by atoms with Gasteiger partial charge in [0.25, 0.3) is 5.91 Å². The van der Waals surface area contributed by atoms with Crippen molar-refractivity contribution in [1.29, 1.82) is 0 Å². The van der Waals surface area contributed by atoms with Gasteiger partial charge >= 0.3 is 5.97 Å². The minimum Gasteiger partial charge on any atom is -0.508 e. The monoisotopic (exact) mass is 812 g/mol. The number of hydrogen-bond donors (Lipinski definition) is 5. The molecular formula is C42H64N6O8S. The van der Waals surface area contributed by atoms with Crippen LogP contribution in [-0.4, -0.2) is 112 Å². The molecule has 57 heavy (non-hydrogen) atoms. The van der Waals surface area contributed by atoms with Crippen molar-refractivity contribution >= 4 is 40.9 Å². The van der Waals surface area contributed by atoms with Gasteiger partial charge in [-0.3, -0.25) is 24.0 Å². The van der Waals surface area contributed by atoms with Gasteiger partial charge in [-0.1, -0.05) is 54.0 Å². The Labute approximate surface area is 341 Å². The number of carboxylic acids is 1. The lowest BCUT2D eigenvalue weighted by molar-refractivity contribution is -0.145. The first kappa shape index (κ1) is 45.6. The molecule has 14 nitrogen and oxygen atoms in total. The molecule has 1 aromatic carbocycles. The SMILES string of the molecule is CCCOC(CC(C(C)C)N(CCC)C(=O)C(NC(=O)C1CCCCN1C(=O)CNC)C(C)CC)c1nc(C(=O)NC2Cc3ccc(O)cc3C(C(=O)O)C2)cs1. The normalized spacial score (nSPS) is 20.2. The lowest BCUT2D eigenvalue weighted by Crippen LogP contribution is -2.60. The van der Waals surface area contributed by atoms with Gasteiger partial charge in [-0.25, -0.2) is 4.98 Å². The highest BCUT2D eigenvalue weighted by atomic mass is 32.1.